The number of likely N-dealkylation sites (tertiary alicyclic amines) is 1. The Morgan fingerprint density at radius 1 is 1.21 bits per heavy atom. The minimum Gasteiger partial charge on any atom is -0.351 e. The zero-order chi connectivity index (χ0) is 19.7. The molecule has 0 unspecified atom stereocenters. The maximum atomic E-state index is 12.4. The molecular weight excluding hydrogens is 394 g/mol. The van der Waals surface area contributed by atoms with Gasteiger partial charge in [0.25, 0.3) is 0 Å². The monoisotopic (exact) mass is 415 g/mol. The van der Waals surface area contributed by atoms with Crippen LogP contribution in [-0.4, -0.2) is 34.2 Å². The molecule has 2 aromatic heterocycles. The van der Waals surface area contributed by atoms with Gasteiger partial charge in [-0.25, -0.2) is 4.98 Å². The van der Waals surface area contributed by atoms with Crippen molar-refractivity contribution in [3.8, 4) is 10.6 Å². The van der Waals surface area contributed by atoms with Gasteiger partial charge in [-0.3, -0.25) is 19.3 Å². The van der Waals surface area contributed by atoms with Crippen LogP contribution in [0.3, 0.4) is 0 Å². The highest BCUT2D eigenvalue weighted by Gasteiger charge is 2.46. The molecule has 0 bridgehead atoms. The van der Waals surface area contributed by atoms with Gasteiger partial charge in [-0.15, -0.1) is 22.7 Å². The summed E-state index contributed by atoms with van der Waals surface area (Å²) in [4.78, 5) is 44.9. The van der Waals surface area contributed by atoms with Crippen LogP contribution in [0.2, 0.25) is 0 Å². The molecule has 1 aliphatic carbocycles. The van der Waals surface area contributed by atoms with Crippen LogP contribution in [-0.2, 0) is 20.9 Å². The average Bonchev–Trinajstić information content (AvgIpc) is 3.39. The summed E-state index contributed by atoms with van der Waals surface area (Å²) >= 11 is 3.22. The zero-order valence-corrected chi connectivity index (χ0v) is 17.1. The van der Waals surface area contributed by atoms with Crippen LogP contribution in [0.25, 0.3) is 10.6 Å². The molecule has 1 aliphatic heterocycles. The van der Waals surface area contributed by atoms with E-state index in [2.05, 4.69) is 10.3 Å². The second kappa shape index (κ2) is 7.97. The Labute approximate surface area is 171 Å². The number of imide groups is 1. The Balaban J connectivity index is 1.27. The normalized spacial score (nSPS) is 21.2. The number of allylic oxidation sites excluding steroid dienone is 2. The fraction of sp³-hybridized carbons (Fsp3) is 0.400. The number of fused-ring (bicyclic) bond motifs is 1. The van der Waals surface area contributed by atoms with Crippen molar-refractivity contribution < 1.29 is 14.4 Å². The minimum atomic E-state index is -0.237. The lowest BCUT2D eigenvalue weighted by molar-refractivity contribution is -0.140. The molecule has 0 spiro atoms. The second-order valence-corrected chi connectivity index (χ2v) is 9.26. The predicted octanol–water partition coefficient (Wildman–Crippen LogP) is 3.14. The maximum Gasteiger partial charge on any atom is 0.233 e. The molecule has 2 atom stereocenters. The summed E-state index contributed by atoms with van der Waals surface area (Å²) in [6.07, 6.45) is 5.30. The molecule has 1 fully saturated rings. The van der Waals surface area contributed by atoms with Gasteiger partial charge in [-0.2, -0.15) is 0 Å². The number of amides is 3. The largest absolute Gasteiger partial charge is 0.351 e. The fourth-order valence-electron chi connectivity index (χ4n) is 3.66. The van der Waals surface area contributed by atoms with Gasteiger partial charge in [0.1, 0.15) is 0 Å². The summed E-state index contributed by atoms with van der Waals surface area (Å²) in [5.41, 5.74) is 0.965. The zero-order valence-electron chi connectivity index (χ0n) is 15.5. The number of aryl methyl sites for hydroxylation is 1. The van der Waals surface area contributed by atoms with Gasteiger partial charge in [0.15, 0.2) is 0 Å². The van der Waals surface area contributed by atoms with E-state index in [0.29, 0.717) is 19.4 Å². The highest BCUT2D eigenvalue weighted by Crippen LogP contribution is 2.35. The van der Waals surface area contributed by atoms with Gasteiger partial charge in [0.2, 0.25) is 17.7 Å². The van der Waals surface area contributed by atoms with Crippen molar-refractivity contribution in [3.63, 3.8) is 0 Å². The number of rotatable bonds is 6. The first-order valence-electron chi connectivity index (χ1n) is 9.31. The lowest BCUT2D eigenvalue weighted by atomic mass is 9.85. The molecule has 0 saturated carbocycles. The molecule has 2 aromatic rings. The van der Waals surface area contributed by atoms with Crippen molar-refractivity contribution in [1.29, 1.82) is 0 Å². The SMILES string of the molecule is Cc1nc(-c2ccc(CNC(=O)CCN3C(=O)[C@@H]4CC=CC[C@H]4C3=O)s2)cs1. The third-order valence-corrected chi connectivity index (χ3v) is 7.04. The van der Waals surface area contributed by atoms with Crippen LogP contribution in [0.4, 0.5) is 0 Å². The summed E-state index contributed by atoms with van der Waals surface area (Å²) in [6.45, 7) is 2.57. The molecule has 1 saturated heterocycles. The third-order valence-electron chi connectivity index (χ3n) is 5.15. The van der Waals surface area contributed by atoms with Crippen LogP contribution in [0.1, 0.15) is 29.1 Å². The quantitative estimate of drug-likeness (QED) is 0.581. The van der Waals surface area contributed by atoms with Crippen molar-refractivity contribution in [2.45, 2.75) is 32.7 Å². The van der Waals surface area contributed by atoms with Gasteiger partial charge in [-0.1, -0.05) is 12.2 Å². The standard InChI is InChI=1S/C20H21N3O3S2/c1-12-22-16(11-27-12)17-7-6-13(28-17)10-21-18(24)8-9-23-19(25)14-4-2-3-5-15(14)20(23)26/h2-3,6-7,11,14-15H,4-5,8-10H2,1H3,(H,21,24)/t14-,15-/m1/s1. The van der Waals surface area contributed by atoms with Crippen LogP contribution in [0.5, 0.6) is 0 Å². The van der Waals surface area contributed by atoms with E-state index in [-0.39, 0.29) is 42.5 Å². The third kappa shape index (κ3) is 3.79. The van der Waals surface area contributed by atoms with Crippen molar-refractivity contribution in [2.24, 2.45) is 11.8 Å². The lowest BCUT2D eigenvalue weighted by Crippen LogP contribution is -2.35. The number of thiazole rings is 1. The van der Waals surface area contributed by atoms with Crippen LogP contribution < -0.4 is 5.32 Å². The van der Waals surface area contributed by atoms with E-state index in [9.17, 15) is 14.4 Å². The molecule has 3 heterocycles. The fourth-order valence-corrected chi connectivity index (χ4v) is 5.26. The van der Waals surface area contributed by atoms with Crippen LogP contribution in [0.15, 0.2) is 29.7 Å². The topological polar surface area (TPSA) is 79.4 Å². The first kappa shape index (κ1) is 19.0. The molecule has 0 aromatic carbocycles. The van der Waals surface area contributed by atoms with Gasteiger partial charge in [-0.05, 0) is 31.9 Å². The summed E-state index contributed by atoms with van der Waals surface area (Å²) < 4.78 is 0. The number of thiophene rings is 1. The van der Waals surface area contributed by atoms with Crippen LogP contribution in [0, 0.1) is 18.8 Å². The molecule has 6 nitrogen and oxygen atoms in total. The Hall–Kier alpha value is -2.32. The molecular formula is C20H21N3O3S2. The molecule has 8 heteroatoms. The Morgan fingerprint density at radius 3 is 2.57 bits per heavy atom. The van der Waals surface area contributed by atoms with Gasteiger partial charge in [0, 0.05) is 23.2 Å². The van der Waals surface area contributed by atoms with E-state index < -0.39 is 0 Å². The van der Waals surface area contributed by atoms with E-state index in [1.54, 1.807) is 22.7 Å². The summed E-state index contributed by atoms with van der Waals surface area (Å²) in [5, 5.41) is 5.93. The number of carbonyl (C=O) groups excluding carboxylic acids is 3. The smallest absolute Gasteiger partial charge is 0.233 e. The van der Waals surface area contributed by atoms with E-state index >= 15 is 0 Å². The summed E-state index contributed by atoms with van der Waals surface area (Å²) in [6, 6.07) is 4.00. The van der Waals surface area contributed by atoms with Gasteiger partial charge >= 0.3 is 0 Å². The summed E-state index contributed by atoms with van der Waals surface area (Å²) in [7, 11) is 0. The number of hydrogen-bond acceptors (Lipinski definition) is 6. The van der Waals surface area contributed by atoms with Gasteiger partial charge in [0.05, 0.1) is 34.0 Å². The Morgan fingerprint density at radius 2 is 1.93 bits per heavy atom. The lowest BCUT2D eigenvalue weighted by Gasteiger charge is -2.14. The van der Waals surface area contributed by atoms with E-state index in [4.69, 9.17) is 0 Å². The first-order valence-corrected chi connectivity index (χ1v) is 11.0. The number of nitrogens with zero attached hydrogens (tertiary/aromatic N) is 2. The number of aromatic nitrogens is 1. The Kier molecular flexibility index (Phi) is 5.41. The Bertz CT molecular complexity index is 920. The van der Waals surface area contributed by atoms with Crippen LogP contribution >= 0.6 is 22.7 Å². The molecule has 2 aliphatic rings. The maximum absolute atomic E-state index is 12.4. The van der Waals surface area contributed by atoms with Crippen molar-refractivity contribution in [1.82, 2.24) is 15.2 Å². The molecule has 28 heavy (non-hydrogen) atoms. The second-order valence-electron chi connectivity index (χ2n) is 7.03. The molecule has 146 valence electrons. The highest BCUT2D eigenvalue weighted by atomic mass is 32.1. The highest BCUT2D eigenvalue weighted by molar-refractivity contribution is 7.16. The van der Waals surface area contributed by atoms with E-state index in [1.165, 1.54) is 4.90 Å². The van der Waals surface area contributed by atoms with E-state index in [1.807, 2.05) is 36.6 Å². The van der Waals surface area contributed by atoms with Crippen molar-refractivity contribution in [2.75, 3.05) is 6.54 Å². The molecule has 0 radical (unpaired) electrons. The predicted molar refractivity (Wildman–Crippen MR) is 109 cm³/mol. The first-order chi connectivity index (χ1) is 13.5. The molecule has 3 amide bonds. The van der Waals surface area contributed by atoms with Crippen molar-refractivity contribution in [3.05, 3.63) is 39.5 Å². The molecule has 4 rings (SSSR count). The average molecular weight is 416 g/mol. The number of nitrogens with one attached hydrogen (secondary N) is 1. The van der Waals surface area contributed by atoms with Crippen molar-refractivity contribution >= 4 is 40.4 Å². The summed E-state index contributed by atoms with van der Waals surface area (Å²) in [5.74, 6) is -0.894. The van der Waals surface area contributed by atoms with Gasteiger partial charge < -0.3 is 5.32 Å². The molecule has 1 N–H and O–H groups in total. The number of hydrogen-bond donors (Lipinski definition) is 1. The number of carbonyl (C=O) groups is 3. The minimum absolute atomic E-state index is 0.131. The van der Waals surface area contributed by atoms with E-state index in [0.717, 1.165) is 20.5 Å².